The molecule has 0 aliphatic heterocycles. The van der Waals surface area contributed by atoms with Crippen LogP contribution in [0.1, 0.15) is 49.4 Å². The van der Waals surface area contributed by atoms with E-state index >= 15 is 0 Å². The number of amides is 1. The number of anilines is 1. The molecule has 0 radical (unpaired) electrons. The van der Waals surface area contributed by atoms with Crippen LogP contribution in [-0.2, 0) is 9.53 Å². The van der Waals surface area contributed by atoms with Gasteiger partial charge in [-0.2, -0.15) is 0 Å². The largest absolute Gasteiger partial charge is 0.449 e. The van der Waals surface area contributed by atoms with Crippen molar-refractivity contribution in [3.8, 4) is 0 Å². The van der Waals surface area contributed by atoms with Gasteiger partial charge < -0.3 is 4.74 Å². The number of carbonyl (C=O) groups is 2. The molecule has 0 bridgehead atoms. The van der Waals surface area contributed by atoms with Gasteiger partial charge in [0.05, 0.1) is 10.6 Å². The van der Waals surface area contributed by atoms with Crippen LogP contribution in [0.4, 0.5) is 9.52 Å². The standard InChI is InChI=1S/C19H20ClFN2O3S/c1-12(26-18(25)15-8-7-13(21)11-16(15)20)17(24)23(19-22-9-10-27-19)14-5-3-2-4-6-14/h7-12,14H,2-6H2,1H3. The van der Waals surface area contributed by atoms with Crippen LogP contribution >= 0.6 is 22.9 Å². The van der Waals surface area contributed by atoms with Gasteiger partial charge in [0, 0.05) is 17.6 Å². The van der Waals surface area contributed by atoms with Gasteiger partial charge in [0.1, 0.15) is 5.82 Å². The summed E-state index contributed by atoms with van der Waals surface area (Å²) in [7, 11) is 0. The van der Waals surface area contributed by atoms with Crippen molar-refractivity contribution in [2.24, 2.45) is 0 Å². The van der Waals surface area contributed by atoms with Gasteiger partial charge in [0.25, 0.3) is 5.91 Å². The lowest BCUT2D eigenvalue weighted by Gasteiger charge is -2.33. The van der Waals surface area contributed by atoms with Crippen molar-refractivity contribution >= 4 is 39.9 Å². The Hall–Kier alpha value is -1.99. The number of nitrogens with zero attached hydrogens (tertiary/aromatic N) is 2. The third-order valence-corrected chi connectivity index (χ3v) is 5.67. The van der Waals surface area contributed by atoms with E-state index in [9.17, 15) is 14.0 Å². The number of rotatable bonds is 5. The monoisotopic (exact) mass is 410 g/mol. The van der Waals surface area contributed by atoms with Crippen LogP contribution < -0.4 is 4.90 Å². The summed E-state index contributed by atoms with van der Waals surface area (Å²) in [6.45, 7) is 1.53. The Balaban J connectivity index is 1.76. The fourth-order valence-corrected chi connectivity index (χ4v) is 4.19. The van der Waals surface area contributed by atoms with Gasteiger partial charge in [-0.15, -0.1) is 11.3 Å². The summed E-state index contributed by atoms with van der Waals surface area (Å²) in [5.41, 5.74) is 0.0242. The molecule has 1 saturated carbocycles. The minimum atomic E-state index is -1.01. The Morgan fingerprint density at radius 2 is 2.07 bits per heavy atom. The second-order valence-corrected chi connectivity index (χ2v) is 7.77. The molecule has 144 valence electrons. The van der Waals surface area contributed by atoms with Crippen molar-refractivity contribution in [2.45, 2.75) is 51.2 Å². The summed E-state index contributed by atoms with van der Waals surface area (Å²) >= 11 is 7.29. The zero-order valence-corrected chi connectivity index (χ0v) is 16.4. The van der Waals surface area contributed by atoms with E-state index in [1.165, 1.54) is 24.3 Å². The molecule has 1 unspecified atom stereocenters. The van der Waals surface area contributed by atoms with E-state index in [1.54, 1.807) is 11.1 Å². The highest BCUT2D eigenvalue weighted by Crippen LogP contribution is 2.30. The van der Waals surface area contributed by atoms with E-state index in [0.29, 0.717) is 5.13 Å². The summed E-state index contributed by atoms with van der Waals surface area (Å²) in [4.78, 5) is 31.4. The number of benzene rings is 1. The first-order valence-electron chi connectivity index (χ1n) is 8.86. The van der Waals surface area contributed by atoms with Crippen LogP contribution in [0.3, 0.4) is 0 Å². The van der Waals surface area contributed by atoms with Crippen LogP contribution in [0.25, 0.3) is 0 Å². The number of aromatic nitrogens is 1. The average molecular weight is 411 g/mol. The molecule has 0 spiro atoms. The number of hydrogen-bond acceptors (Lipinski definition) is 5. The number of hydrogen-bond donors (Lipinski definition) is 0. The molecule has 8 heteroatoms. The number of ether oxygens (including phenoxy) is 1. The predicted octanol–water partition coefficient (Wildman–Crippen LogP) is 4.85. The summed E-state index contributed by atoms with van der Waals surface area (Å²) in [5, 5.41) is 2.37. The molecular weight excluding hydrogens is 391 g/mol. The Morgan fingerprint density at radius 1 is 1.33 bits per heavy atom. The summed E-state index contributed by atoms with van der Waals surface area (Å²) in [5.74, 6) is -1.63. The van der Waals surface area contributed by atoms with E-state index in [1.807, 2.05) is 5.38 Å². The first-order valence-corrected chi connectivity index (χ1v) is 10.1. The first kappa shape index (κ1) is 19.8. The quantitative estimate of drug-likeness (QED) is 0.661. The van der Waals surface area contributed by atoms with E-state index < -0.39 is 17.9 Å². The molecule has 5 nitrogen and oxygen atoms in total. The summed E-state index contributed by atoms with van der Waals surface area (Å²) < 4.78 is 18.5. The van der Waals surface area contributed by atoms with Crippen LogP contribution in [0.2, 0.25) is 5.02 Å². The van der Waals surface area contributed by atoms with E-state index in [2.05, 4.69) is 4.98 Å². The number of esters is 1. The summed E-state index contributed by atoms with van der Waals surface area (Å²) in [6, 6.07) is 3.46. The molecule has 0 N–H and O–H groups in total. The Bertz CT molecular complexity index is 809. The number of thiazole rings is 1. The third-order valence-electron chi connectivity index (χ3n) is 4.59. The Kier molecular flexibility index (Phi) is 6.44. The first-order chi connectivity index (χ1) is 13.0. The molecule has 1 fully saturated rings. The normalized spacial score (nSPS) is 16.0. The van der Waals surface area contributed by atoms with E-state index in [-0.39, 0.29) is 22.5 Å². The molecule has 1 aliphatic rings. The molecule has 1 aromatic carbocycles. The maximum Gasteiger partial charge on any atom is 0.340 e. The maximum atomic E-state index is 13.2. The van der Waals surface area contributed by atoms with Gasteiger partial charge in [-0.1, -0.05) is 30.9 Å². The van der Waals surface area contributed by atoms with Gasteiger partial charge in [-0.05, 0) is 38.0 Å². The van der Waals surface area contributed by atoms with Crippen LogP contribution in [0, 0.1) is 5.82 Å². The molecular formula is C19H20ClFN2O3S. The molecule has 1 atom stereocenters. The fraction of sp³-hybridized carbons (Fsp3) is 0.421. The molecule has 0 saturated heterocycles. The zero-order valence-electron chi connectivity index (χ0n) is 14.9. The van der Waals surface area contributed by atoms with Crippen molar-refractivity contribution < 1.29 is 18.7 Å². The fourth-order valence-electron chi connectivity index (χ4n) is 3.23. The lowest BCUT2D eigenvalue weighted by Crippen LogP contribution is -2.47. The van der Waals surface area contributed by atoms with Crippen LogP contribution in [-0.4, -0.2) is 29.0 Å². The average Bonchev–Trinajstić information content (AvgIpc) is 3.16. The van der Waals surface area contributed by atoms with Crippen molar-refractivity contribution in [1.82, 2.24) is 4.98 Å². The molecule has 1 heterocycles. The zero-order chi connectivity index (χ0) is 19.4. The maximum absolute atomic E-state index is 13.2. The highest BCUT2D eigenvalue weighted by atomic mass is 35.5. The predicted molar refractivity (Wildman–Crippen MR) is 103 cm³/mol. The van der Waals surface area contributed by atoms with Crippen molar-refractivity contribution in [3.63, 3.8) is 0 Å². The molecule has 27 heavy (non-hydrogen) atoms. The molecule has 3 rings (SSSR count). The Labute approximate surface area is 166 Å². The van der Waals surface area contributed by atoms with E-state index in [0.717, 1.165) is 44.2 Å². The van der Waals surface area contributed by atoms with Gasteiger partial charge in [-0.25, -0.2) is 14.2 Å². The van der Waals surface area contributed by atoms with Crippen molar-refractivity contribution in [1.29, 1.82) is 0 Å². The van der Waals surface area contributed by atoms with Gasteiger partial charge >= 0.3 is 5.97 Å². The second kappa shape index (κ2) is 8.80. The molecule has 2 aromatic rings. The summed E-state index contributed by atoms with van der Waals surface area (Å²) in [6.07, 6.45) is 5.70. The van der Waals surface area contributed by atoms with E-state index in [4.69, 9.17) is 16.3 Å². The van der Waals surface area contributed by atoms with Gasteiger partial charge in [0.2, 0.25) is 0 Å². The topological polar surface area (TPSA) is 59.5 Å². The highest BCUT2D eigenvalue weighted by molar-refractivity contribution is 7.13. The smallest absolute Gasteiger partial charge is 0.340 e. The Morgan fingerprint density at radius 3 is 2.70 bits per heavy atom. The number of halogens is 2. The minimum Gasteiger partial charge on any atom is -0.449 e. The third kappa shape index (κ3) is 4.65. The lowest BCUT2D eigenvalue weighted by molar-refractivity contribution is -0.127. The lowest BCUT2D eigenvalue weighted by atomic mass is 9.94. The molecule has 1 aromatic heterocycles. The number of carbonyl (C=O) groups excluding carboxylic acids is 2. The minimum absolute atomic E-state index is 0.0242. The van der Waals surface area contributed by atoms with Crippen molar-refractivity contribution in [2.75, 3.05) is 4.90 Å². The van der Waals surface area contributed by atoms with Crippen molar-refractivity contribution in [3.05, 3.63) is 46.2 Å². The molecule has 1 amide bonds. The van der Waals surface area contributed by atoms with Gasteiger partial charge in [-0.3, -0.25) is 9.69 Å². The highest BCUT2D eigenvalue weighted by Gasteiger charge is 2.33. The van der Waals surface area contributed by atoms with Crippen LogP contribution in [0.5, 0.6) is 0 Å². The second-order valence-electron chi connectivity index (χ2n) is 6.49. The molecule has 1 aliphatic carbocycles. The van der Waals surface area contributed by atoms with Gasteiger partial charge in [0.15, 0.2) is 11.2 Å². The van der Waals surface area contributed by atoms with Crippen LogP contribution in [0.15, 0.2) is 29.8 Å². The SMILES string of the molecule is CC(OC(=O)c1ccc(F)cc1Cl)C(=O)N(c1nccs1)C1CCCCC1.